The third-order valence-electron chi connectivity index (χ3n) is 2.91. The van der Waals surface area contributed by atoms with Crippen LogP contribution in [0.5, 0.6) is 5.75 Å². The van der Waals surface area contributed by atoms with E-state index in [2.05, 4.69) is 0 Å². The van der Waals surface area contributed by atoms with Crippen LogP contribution in [-0.4, -0.2) is 12.6 Å². The molecule has 0 aliphatic heterocycles. The van der Waals surface area contributed by atoms with Gasteiger partial charge in [-0.3, -0.25) is 4.79 Å². The number of carbonyl (C=O) groups is 1. The van der Waals surface area contributed by atoms with E-state index < -0.39 is 11.3 Å². The van der Waals surface area contributed by atoms with Gasteiger partial charge in [0.05, 0.1) is 6.61 Å². The van der Waals surface area contributed by atoms with E-state index in [0.29, 0.717) is 18.8 Å². The number of benzene rings is 2. The summed E-state index contributed by atoms with van der Waals surface area (Å²) < 4.78 is 10.6. The summed E-state index contributed by atoms with van der Waals surface area (Å²) in [7, 11) is 0. The molecular weight excluding hydrogens is 288 g/mol. The highest BCUT2D eigenvalue weighted by atomic mass is 35.5. The molecule has 2 rings (SSSR count). The Balaban J connectivity index is 1.94. The molecule has 0 aliphatic carbocycles. The van der Waals surface area contributed by atoms with Crippen molar-refractivity contribution in [1.82, 2.24) is 0 Å². The molecule has 0 aliphatic rings. The van der Waals surface area contributed by atoms with Crippen LogP contribution in [0.2, 0.25) is 0 Å². The predicted octanol–water partition coefficient (Wildman–Crippen LogP) is 4.11. The number of halogens is 1. The van der Waals surface area contributed by atoms with Gasteiger partial charge in [0.1, 0.15) is 12.4 Å². The maximum atomic E-state index is 11.6. The maximum absolute atomic E-state index is 11.6. The zero-order chi connectivity index (χ0) is 15.1. The Kier molecular flexibility index (Phi) is 5.64. The summed E-state index contributed by atoms with van der Waals surface area (Å²) in [5, 5.41) is -0.784. The summed E-state index contributed by atoms with van der Waals surface area (Å²) in [6, 6.07) is 17.1. The van der Waals surface area contributed by atoms with Gasteiger partial charge in [0.15, 0.2) is 5.38 Å². The minimum Gasteiger partial charge on any atom is -0.489 e. The lowest BCUT2D eigenvalue weighted by atomic mass is 10.1. The Labute approximate surface area is 129 Å². The molecular formula is C17H17ClO3. The summed E-state index contributed by atoms with van der Waals surface area (Å²) in [5.74, 6) is 0.299. The largest absolute Gasteiger partial charge is 0.489 e. The van der Waals surface area contributed by atoms with E-state index in [0.717, 1.165) is 11.3 Å². The number of alkyl halides is 1. The molecule has 0 saturated heterocycles. The van der Waals surface area contributed by atoms with E-state index >= 15 is 0 Å². The van der Waals surface area contributed by atoms with Gasteiger partial charge < -0.3 is 9.47 Å². The van der Waals surface area contributed by atoms with E-state index in [-0.39, 0.29) is 0 Å². The van der Waals surface area contributed by atoms with Crippen molar-refractivity contribution in [2.24, 2.45) is 0 Å². The summed E-state index contributed by atoms with van der Waals surface area (Å²) in [6.07, 6.45) is 0. The molecule has 0 radical (unpaired) electrons. The van der Waals surface area contributed by atoms with Gasteiger partial charge in [0.25, 0.3) is 0 Å². The molecule has 0 amide bonds. The molecule has 0 N–H and O–H groups in total. The number of esters is 1. The van der Waals surface area contributed by atoms with Gasteiger partial charge in [-0.15, -0.1) is 11.6 Å². The number of hydrogen-bond acceptors (Lipinski definition) is 3. The van der Waals surface area contributed by atoms with Gasteiger partial charge in [-0.05, 0) is 30.2 Å². The highest BCUT2D eigenvalue weighted by Gasteiger charge is 2.18. The van der Waals surface area contributed by atoms with Crippen LogP contribution in [0.3, 0.4) is 0 Å². The third-order valence-corrected chi connectivity index (χ3v) is 3.34. The first kappa shape index (κ1) is 15.4. The van der Waals surface area contributed by atoms with Crippen LogP contribution in [0.4, 0.5) is 0 Å². The van der Waals surface area contributed by atoms with Crippen LogP contribution in [0, 0.1) is 0 Å². The van der Waals surface area contributed by atoms with E-state index in [1.165, 1.54) is 0 Å². The molecule has 0 bridgehead atoms. The van der Waals surface area contributed by atoms with Crippen molar-refractivity contribution in [3.05, 3.63) is 65.7 Å². The second-order valence-corrected chi connectivity index (χ2v) is 4.89. The molecule has 0 fully saturated rings. The van der Waals surface area contributed by atoms with Crippen LogP contribution in [0.25, 0.3) is 0 Å². The molecule has 21 heavy (non-hydrogen) atoms. The minimum absolute atomic E-state index is 0.320. The average molecular weight is 305 g/mol. The second kappa shape index (κ2) is 7.70. The minimum atomic E-state index is -0.784. The molecule has 0 unspecified atom stereocenters. The first-order valence-electron chi connectivity index (χ1n) is 6.78. The van der Waals surface area contributed by atoms with Crippen molar-refractivity contribution < 1.29 is 14.3 Å². The number of rotatable bonds is 6. The maximum Gasteiger partial charge on any atom is 0.328 e. The smallest absolute Gasteiger partial charge is 0.328 e. The Morgan fingerprint density at radius 3 is 2.38 bits per heavy atom. The molecule has 110 valence electrons. The first-order valence-corrected chi connectivity index (χ1v) is 7.21. The topological polar surface area (TPSA) is 35.5 Å². The van der Waals surface area contributed by atoms with Crippen molar-refractivity contribution in [3.63, 3.8) is 0 Å². The number of ether oxygens (including phenoxy) is 2. The van der Waals surface area contributed by atoms with E-state index in [1.807, 2.05) is 30.3 Å². The zero-order valence-corrected chi connectivity index (χ0v) is 12.5. The van der Waals surface area contributed by atoms with Crippen LogP contribution in [0.1, 0.15) is 23.4 Å². The molecule has 2 aromatic rings. The predicted molar refractivity (Wildman–Crippen MR) is 82.4 cm³/mol. The van der Waals surface area contributed by atoms with E-state index in [1.54, 1.807) is 31.2 Å². The van der Waals surface area contributed by atoms with Crippen LogP contribution >= 0.6 is 11.6 Å². The van der Waals surface area contributed by atoms with Gasteiger partial charge in [0.2, 0.25) is 0 Å². The number of carbonyl (C=O) groups excluding carboxylic acids is 1. The van der Waals surface area contributed by atoms with Gasteiger partial charge >= 0.3 is 5.97 Å². The lowest BCUT2D eigenvalue weighted by Crippen LogP contribution is -2.10. The molecule has 2 aromatic carbocycles. The van der Waals surface area contributed by atoms with Crippen LogP contribution < -0.4 is 4.74 Å². The Morgan fingerprint density at radius 2 is 1.76 bits per heavy atom. The molecule has 0 saturated carbocycles. The Hall–Kier alpha value is -2.00. The SMILES string of the molecule is CCOC(=O)[C@H](Cl)c1ccc(OCc2ccccc2)cc1. The van der Waals surface area contributed by atoms with Crippen molar-refractivity contribution >= 4 is 17.6 Å². The standard InChI is InChI=1S/C17H17ClO3/c1-2-20-17(19)16(18)14-8-10-15(11-9-14)21-12-13-6-4-3-5-7-13/h3-11,16H,2,12H2,1H3/t16-/m1/s1. The quantitative estimate of drug-likeness (QED) is 0.595. The average Bonchev–Trinajstić information content (AvgIpc) is 2.54. The fraction of sp³-hybridized carbons (Fsp3) is 0.235. The van der Waals surface area contributed by atoms with Crippen molar-refractivity contribution in [3.8, 4) is 5.75 Å². The normalized spacial score (nSPS) is 11.7. The van der Waals surface area contributed by atoms with Gasteiger partial charge in [0, 0.05) is 0 Å². The second-order valence-electron chi connectivity index (χ2n) is 4.46. The molecule has 0 heterocycles. The molecule has 0 spiro atoms. The van der Waals surface area contributed by atoms with Gasteiger partial charge in [-0.2, -0.15) is 0 Å². The van der Waals surface area contributed by atoms with Crippen LogP contribution in [0.15, 0.2) is 54.6 Å². The first-order chi connectivity index (χ1) is 10.2. The molecule has 3 nitrogen and oxygen atoms in total. The van der Waals surface area contributed by atoms with Crippen molar-refractivity contribution in [1.29, 1.82) is 0 Å². The third kappa shape index (κ3) is 4.50. The van der Waals surface area contributed by atoms with Gasteiger partial charge in [-0.25, -0.2) is 0 Å². The molecule has 4 heteroatoms. The Bertz CT molecular complexity index is 566. The summed E-state index contributed by atoms with van der Waals surface area (Å²) in [5.41, 5.74) is 1.80. The monoisotopic (exact) mass is 304 g/mol. The lowest BCUT2D eigenvalue weighted by molar-refractivity contribution is -0.142. The fourth-order valence-electron chi connectivity index (χ4n) is 1.83. The van der Waals surface area contributed by atoms with Crippen molar-refractivity contribution in [2.75, 3.05) is 6.61 Å². The van der Waals surface area contributed by atoms with Crippen LogP contribution in [-0.2, 0) is 16.1 Å². The zero-order valence-electron chi connectivity index (χ0n) is 11.8. The summed E-state index contributed by atoms with van der Waals surface area (Å²) in [6.45, 7) is 2.57. The fourth-order valence-corrected chi connectivity index (χ4v) is 2.03. The highest BCUT2D eigenvalue weighted by Crippen LogP contribution is 2.24. The summed E-state index contributed by atoms with van der Waals surface area (Å²) >= 11 is 6.05. The molecule has 0 aromatic heterocycles. The van der Waals surface area contributed by atoms with Gasteiger partial charge in [-0.1, -0.05) is 42.5 Å². The summed E-state index contributed by atoms with van der Waals surface area (Å²) in [4.78, 5) is 11.6. The van der Waals surface area contributed by atoms with Crippen molar-refractivity contribution in [2.45, 2.75) is 18.9 Å². The van der Waals surface area contributed by atoms with E-state index in [9.17, 15) is 4.79 Å². The number of hydrogen-bond donors (Lipinski definition) is 0. The Morgan fingerprint density at radius 1 is 1.10 bits per heavy atom. The molecule has 1 atom stereocenters. The van der Waals surface area contributed by atoms with E-state index in [4.69, 9.17) is 21.1 Å². The highest BCUT2D eigenvalue weighted by molar-refractivity contribution is 6.29. The lowest BCUT2D eigenvalue weighted by Gasteiger charge is -2.10.